The molecule has 3 rings (SSSR count). The second-order valence-corrected chi connectivity index (χ2v) is 4.97. The number of hydrogen-bond acceptors (Lipinski definition) is 2. The fraction of sp³-hybridized carbons (Fsp3) is 0.0625. The smallest absolute Gasteiger partial charge is 0.344 e. The van der Waals surface area contributed by atoms with E-state index in [1.165, 1.54) is 18.2 Å². The summed E-state index contributed by atoms with van der Waals surface area (Å²) in [7, 11) is 0. The van der Waals surface area contributed by atoms with Crippen LogP contribution in [0, 0.1) is 12.7 Å². The number of rotatable bonds is 1. The Morgan fingerprint density at radius 3 is 2.50 bits per heavy atom. The fourth-order valence-corrected chi connectivity index (χ4v) is 2.40. The minimum atomic E-state index is -0.441. The molecule has 0 saturated carbocycles. The molecule has 4 heteroatoms. The van der Waals surface area contributed by atoms with E-state index in [0.29, 0.717) is 32.7 Å². The normalized spacial score (nSPS) is 10.9. The fourth-order valence-electron chi connectivity index (χ4n) is 2.27. The van der Waals surface area contributed by atoms with Crippen LogP contribution in [-0.2, 0) is 0 Å². The Kier molecular flexibility index (Phi) is 3.07. The maximum Gasteiger partial charge on any atom is 0.344 e. The average molecular weight is 289 g/mol. The van der Waals surface area contributed by atoms with Crippen LogP contribution in [-0.4, -0.2) is 0 Å². The molecule has 0 spiro atoms. The zero-order chi connectivity index (χ0) is 14.3. The van der Waals surface area contributed by atoms with Gasteiger partial charge < -0.3 is 4.42 Å². The van der Waals surface area contributed by atoms with Crippen LogP contribution in [0.5, 0.6) is 0 Å². The molecule has 0 N–H and O–H groups in total. The molecule has 0 aliphatic heterocycles. The Labute approximate surface area is 119 Å². The lowest BCUT2D eigenvalue weighted by molar-refractivity contribution is 0.560. The van der Waals surface area contributed by atoms with Gasteiger partial charge in [0.05, 0.1) is 5.56 Å². The molecule has 0 atom stereocenters. The molecule has 0 radical (unpaired) electrons. The van der Waals surface area contributed by atoms with Gasteiger partial charge in [0.1, 0.15) is 11.4 Å². The number of aryl methyl sites for hydroxylation is 1. The Bertz CT molecular complexity index is 851. The van der Waals surface area contributed by atoms with E-state index in [4.69, 9.17) is 16.0 Å². The molecule has 0 bridgehead atoms. The first kappa shape index (κ1) is 12.9. The van der Waals surface area contributed by atoms with Crippen LogP contribution in [0.15, 0.2) is 51.7 Å². The second kappa shape index (κ2) is 4.76. The maximum atomic E-state index is 13.4. The summed E-state index contributed by atoms with van der Waals surface area (Å²) in [5.41, 5.74) is 1.76. The minimum absolute atomic E-state index is 0.364. The molecule has 1 aromatic heterocycles. The summed E-state index contributed by atoms with van der Waals surface area (Å²) >= 11 is 5.84. The molecule has 1 heterocycles. The van der Waals surface area contributed by atoms with Gasteiger partial charge in [0, 0.05) is 10.4 Å². The highest BCUT2D eigenvalue weighted by atomic mass is 35.5. The van der Waals surface area contributed by atoms with Gasteiger partial charge in [-0.15, -0.1) is 0 Å². The van der Waals surface area contributed by atoms with Crippen molar-refractivity contribution in [3.8, 4) is 11.1 Å². The van der Waals surface area contributed by atoms with Crippen molar-refractivity contribution in [3.63, 3.8) is 0 Å². The van der Waals surface area contributed by atoms with Gasteiger partial charge in [-0.1, -0.05) is 23.7 Å². The Balaban J connectivity index is 2.35. The second-order valence-electron chi connectivity index (χ2n) is 4.54. The Hall–Kier alpha value is -2.13. The maximum absolute atomic E-state index is 13.4. The quantitative estimate of drug-likeness (QED) is 0.614. The third-order valence-electron chi connectivity index (χ3n) is 3.26. The first-order valence-electron chi connectivity index (χ1n) is 6.05. The van der Waals surface area contributed by atoms with Gasteiger partial charge in [0.25, 0.3) is 0 Å². The predicted molar refractivity (Wildman–Crippen MR) is 77.6 cm³/mol. The summed E-state index contributed by atoms with van der Waals surface area (Å²) in [6, 6.07) is 11.0. The lowest BCUT2D eigenvalue weighted by Crippen LogP contribution is -2.06. The van der Waals surface area contributed by atoms with E-state index >= 15 is 0 Å². The largest absolute Gasteiger partial charge is 0.422 e. The van der Waals surface area contributed by atoms with Crippen molar-refractivity contribution in [1.29, 1.82) is 0 Å². The third kappa shape index (κ3) is 2.10. The molecule has 20 heavy (non-hydrogen) atoms. The van der Waals surface area contributed by atoms with E-state index in [0.717, 1.165) is 0 Å². The topological polar surface area (TPSA) is 30.2 Å². The molecule has 0 fully saturated rings. The van der Waals surface area contributed by atoms with Crippen molar-refractivity contribution < 1.29 is 8.81 Å². The van der Waals surface area contributed by atoms with Crippen molar-refractivity contribution in [3.05, 3.63) is 69.3 Å². The summed E-state index contributed by atoms with van der Waals surface area (Å²) in [6.45, 7) is 1.78. The average Bonchev–Trinajstić information content (AvgIpc) is 2.42. The Morgan fingerprint density at radius 1 is 1.10 bits per heavy atom. The lowest BCUT2D eigenvalue weighted by atomic mass is 10.00. The summed E-state index contributed by atoms with van der Waals surface area (Å²) in [5, 5.41) is 1.18. The van der Waals surface area contributed by atoms with E-state index in [9.17, 15) is 9.18 Å². The molecule has 0 amide bonds. The number of halogens is 2. The van der Waals surface area contributed by atoms with Gasteiger partial charge in [0.2, 0.25) is 0 Å². The molecule has 0 saturated heterocycles. The van der Waals surface area contributed by atoms with Crippen LogP contribution in [0.4, 0.5) is 4.39 Å². The van der Waals surface area contributed by atoms with Crippen LogP contribution in [0.2, 0.25) is 5.02 Å². The van der Waals surface area contributed by atoms with Gasteiger partial charge in [-0.3, -0.25) is 0 Å². The highest BCUT2D eigenvalue weighted by Crippen LogP contribution is 2.27. The number of hydrogen-bond donors (Lipinski definition) is 0. The van der Waals surface area contributed by atoms with Crippen LogP contribution >= 0.6 is 11.6 Å². The third-order valence-corrected chi connectivity index (χ3v) is 3.51. The molecular formula is C16H10ClFO2. The van der Waals surface area contributed by atoms with E-state index < -0.39 is 5.63 Å². The number of fused-ring (bicyclic) bond motifs is 1. The van der Waals surface area contributed by atoms with Gasteiger partial charge in [0.15, 0.2) is 0 Å². The molecule has 3 aromatic rings. The van der Waals surface area contributed by atoms with E-state index in [1.807, 2.05) is 0 Å². The highest BCUT2D eigenvalue weighted by Gasteiger charge is 2.13. The molecular weight excluding hydrogens is 279 g/mol. The summed E-state index contributed by atoms with van der Waals surface area (Å²) in [4.78, 5) is 12.1. The van der Waals surface area contributed by atoms with Gasteiger partial charge in [-0.2, -0.15) is 0 Å². The van der Waals surface area contributed by atoms with Crippen LogP contribution in [0.3, 0.4) is 0 Å². The first-order chi connectivity index (χ1) is 9.56. The van der Waals surface area contributed by atoms with E-state index in [1.54, 1.807) is 31.2 Å². The van der Waals surface area contributed by atoms with E-state index in [-0.39, 0.29) is 5.82 Å². The zero-order valence-electron chi connectivity index (χ0n) is 10.6. The summed E-state index contributed by atoms with van der Waals surface area (Å²) < 4.78 is 18.6. The van der Waals surface area contributed by atoms with Gasteiger partial charge in [-0.25, -0.2) is 9.18 Å². The minimum Gasteiger partial charge on any atom is -0.422 e. The zero-order valence-corrected chi connectivity index (χ0v) is 11.4. The molecule has 0 aliphatic rings. The van der Waals surface area contributed by atoms with Crippen molar-refractivity contribution in [1.82, 2.24) is 0 Å². The Morgan fingerprint density at radius 2 is 1.80 bits per heavy atom. The first-order valence-corrected chi connectivity index (χ1v) is 6.43. The molecule has 100 valence electrons. The molecule has 0 unspecified atom stereocenters. The molecule has 2 aromatic carbocycles. The van der Waals surface area contributed by atoms with Gasteiger partial charge in [-0.05, 0) is 48.4 Å². The summed E-state index contributed by atoms with van der Waals surface area (Å²) in [6.07, 6.45) is 0. The lowest BCUT2D eigenvalue weighted by Gasteiger charge is -2.08. The van der Waals surface area contributed by atoms with Crippen molar-refractivity contribution in [2.75, 3.05) is 0 Å². The van der Waals surface area contributed by atoms with Crippen molar-refractivity contribution in [2.45, 2.75) is 6.92 Å². The van der Waals surface area contributed by atoms with Crippen LogP contribution in [0.1, 0.15) is 5.56 Å². The molecule has 2 nitrogen and oxygen atoms in total. The summed E-state index contributed by atoms with van der Waals surface area (Å²) in [5.74, 6) is -0.364. The number of benzene rings is 2. The van der Waals surface area contributed by atoms with Crippen molar-refractivity contribution >= 4 is 22.6 Å². The highest BCUT2D eigenvalue weighted by molar-refractivity contribution is 6.30. The standard InChI is InChI=1S/C16H10ClFO2/c1-9-13-8-12(18)6-7-14(13)20-16(19)15(9)10-2-4-11(17)5-3-10/h2-8H,1H3. The van der Waals surface area contributed by atoms with Crippen LogP contribution < -0.4 is 5.63 Å². The van der Waals surface area contributed by atoms with Crippen LogP contribution in [0.25, 0.3) is 22.1 Å². The predicted octanol–water partition coefficient (Wildman–Crippen LogP) is 4.56. The molecule has 0 aliphatic carbocycles. The monoisotopic (exact) mass is 288 g/mol. The van der Waals surface area contributed by atoms with Gasteiger partial charge >= 0.3 is 5.63 Å². The SMILES string of the molecule is Cc1c(-c2ccc(Cl)cc2)c(=O)oc2ccc(F)cc12. The van der Waals surface area contributed by atoms with Crippen molar-refractivity contribution in [2.24, 2.45) is 0 Å². The van der Waals surface area contributed by atoms with E-state index in [2.05, 4.69) is 0 Å².